The average Bonchev–Trinajstić information content (AvgIpc) is 2.69. The van der Waals surface area contributed by atoms with Crippen LogP contribution in [-0.4, -0.2) is 16.3 Å². The van der Waals surface area contributed by atoms with Crippen molar-refractivity contribution in [2.24, 2.45) is 12.5 Å². The molecular weight excluding hydrogens is 234 g/mol. The Balaban J connectivity index is 2.82. The quantitative estimate of drug-likeness (QED) is 0.811. The largest absolute Gasteiger partial charge is 0.310 e. The van der Waals surface area contributed by atoms with Gasteiger partial charge in [-0.3, -0.25) is 4.68 Å². The van der Waals surface area contributed by atoms with Gasteiger partial charge in [0.25, 0.3) is 0 Å². The maximum atomic E-state index is 4.58. The van der Waals surface area contributed by atoms with Crippen LogP contribution in [0.15, 0.2) is 6.20 Å². The summed E-state index contributed by atoms with van der Waals surface area (Å²) < 4.78 is 1.95. The number of hydrogen-bond donors (Lipinski definition) is 1. The lowest BCUT2D eigenvalue weighted by molar-refractivity contribution is 0.331. The summed E-state index contributed by atoms with van der Waals surface area (Å²) in [6.45, 7) is 12.4. The normalized spacial score (nSPS) is 13.8. The van der Waals surface area contributed by atoms with Crippen LogP contribution in [0.4, 0.5) is 0 Å². The van der Waals surface area contributed by atoms with E-state index in [0.717, 1.165) is 13.0 Å². The third-order valence-corrected chi connectivity index (χ3v) is 3.47. The van der Waals surface area contributed by atoms with Crippen LogP contribution < -0.4 is 5.32 Å². The molecule has 0 radical (unpaired) electrons. The Kier molecular flexibility index (Phi) is 6.05. The Labute approximate surface area is 118 Å². The van der Waals surface area contributed by atoms with Gasteiger partial charge in [-0.1, -0.05) is 34.6 Å². The van der Waals surface area contributed by atoms with E-state index in [0.29, 0.717) is 11.5 Å². The molecule has 0 saturated heterocycles. The summed E-state index contributed by atoms with van der Waals surface area (Å²) in [5.74, 6) is 0. The minimum absolute atomic E-state index is 0.390. The van der Waals surface area contributed by atoms with Gasteiger partial charge in [-0.2, -0.15) is 5.10 Å². The van der Waals surface area contributed by atoms with Gasteiger partial charge in [-0.05, 0) is 37.6 Å². The third kappa shape index (κ3) is 5.35. The number of aromatic nitrogens is 2. The smallest absolute Gasteiger partial charge is 0.0669 e. The zero-order valence-corrected chi connectivity index (χ0v) is 13.6. The van der Waals surface area contributed by atoms with Gasteiger partial charge in [-0.25, -0.2) is 0 Å². The SMILES string of the molecule is CCCNC(CCC(C)(C)C)c1cn(C)nc1CC. The molecule has 0 amide bonds. The van der Waals surface area contributed by atoms with Gasteiger partial charge < -0.3 is 5.32 Å². The monoisotopic (exact) mass is 265 g/mol. The van der Waals surface area contributed by atoms with Crippen molar-refractivity contribution >= 4 is 0 Å². The molecule has 0 saturated carbocycles. The van der Waals surface area contributed by atoms with Crippen molar-refractivity contribution < 1.29 is 0 Å². The molecule has 0 bridgehead atoms. The van der Waals surface area contributed by atoms with Crippen LogP contribution in [0.25, 0.3) is 0 Å². The van der Waals surface area contributed by atoms with Crippen LogP contribution >= 0.6 is 0 Å². The van der Waals surface area contributed by atoms with E-state index >= 15 is 0 Å². The molecule has 0 fully saturated rings. The number of aryl methyl sites for hydroxylation is 2. The van der Waals surface area contributed by atoms with Crippen molar-refractivity contribution in [2.75, 3.05) is 6.54 Å². The fourth-order valence-electron chi connectivity index (χ4n) is 2.38. The maximum absolute atomic E-state index is 4.58. The van der Waals surface area contributed by atoms with Crippen molar-refractivity contribution in [3.63, 3.8) is 0 Å². The van der Waals surface area contributed by atoms with Crippen molar-refractivity contribution in [1.82, 2.24) is 15.1 Å². The lowest BCUT2D eigenvalue weighted by Crippen LogP contribution is -2.24. The van der Waals surface area contributed by atoms with Crippen LogP contribution in [0.5, 0.6) is 0 Å². The summed E-state index contributed by atoms with van der Waals surface area (Å²) in [7, 11) is 2.02. The molecule has 1 unspecified atom stereocenters. The van der Waals surface area contributed by atoms with Crippen LogP contribution in [0.2, 0.25) is 0 Å². The highest BCUT2D eigenvalue weighted by Crippen LogP contribution is 2.28. The zero-order chi connectivity index (χ0) is 14.5. The van der Waals surface area contributed by atoms with Crippen molar-refractivity contribution in [3.05, 3.63) is 17.5 Å². The molecule has 1 heterocycles. The highest BCUT2D eigenvalue weighted by molar-refractivity contribution is 5.21. The Bertz CT molecular complexity index is 374. The summed E-state index contributed by atoms with van der Waals surface area (Å²) in [4.78, 5) is 0. The van der Waals surface area contributed by atoms with Gasteiger partial charge in [0, 0.05) is 24.8 Å². The molecule has 1 aromatic heterocycles. The molecule has 1 aromatic rings. The van der Waals surface area contributed by atoms with E-state index in [4.69, 9.17) is 0 Å². The standard InChI is InChI=1S/C16H31N3/c1-7-11-17-15(9-10-16(3,4)5)13-12-19(6)18-14(13)8-2/h12,15,17H,7-11H2,1-6H3. The summed E-state index contributed by atoms with van der Waals surface area (Å²) >= 11 is 0. The second-order valence-electron chi connectivity index (χ2n) is 6.66. The highest BCUT2D eigenvalue weighted by Gasteiger charge is 2.20. The first-order chi connectivity index (χ1) is 8.87. The van der Waals surface area contributed by atoms with Gasteiger partial charge in [0.1, 0.15) is 0 Å². The van der Waals surface area contributed by atoms with E-state index in [1.165, 1.54) is 30.5 Å². The van der Waals surface area contributed by atoms with Crippen molar-refractivity contribution in [1.29, 1.82) is 0 Å². The third-order valence-electron chi connectivity index (χ3n) is 3.47. The van der Waals surface area contributed by atoms with Crippen molar-refractivity contribution in [2.45, 2.75) is 66.3 Å². The maximum Gasteiger partial charge on any atom is 0.0669 e. The molecule has 19 heavy (non-hydrogen) atoms. The van der Waals surface area contributed by atoms with E-state index in [-0.39, 0.29) is 0 Å². The minimum atomic E-state index is 0.390. The zero-order valence-electron chi connectivity index (χ0n) is 13.6. The van der Waals surface area contributed by atoms with E-state index < -0.39 is 0 Å². The molecule has 1 rings (SSSR count). The molecule has 110 valence electrons. The summed E-state index contributed by atoms with van der Waals surface area (Å²) in [6.07, 6.45) is 6.78. The topological polar surface area (TPSA) is 29.9 Å². The second-order valence-corrected chi connectivity index (χ2v) is 6.66. The van der Waals surface area contributed by atoms with E-state index in [9.17, 15) is 0 Å². The fraction of sp³-hybridized carbons (Fsp3) is 0.812. The first-order valence-electron chi connectivity index (χ1n) is 7.63. The van der Waals surface area contributed by atoms with Gasteiger partial charge >= 0.3 is 0 Å². The van der Waals surface area contributed by atoms with Crippen LogP contribution in [0, 0.1) is 5.41 Å². The molecule has 0 aromatic carbocycles. The van der Waals surface area contributed by atoms with Gasteiger partial charge in [0.2, 0.25) is 0 Å². The van der Waals surface area contributed by atoms with Gasteiger partial charge in [-0.15, -0.1) is 0 Å². The number of hydrogen-bond acceptors (Lipinski definition) is 2. The molecule has 1 N–H and O–H groups in total. The molecule has 0 aliphatic rings. The predicted molar refractivity (Wildman–Crippen MR) is 82.3 cm³/mol. The number of nitrogens with one attached hydrogen (secondary N) is 1. The first kappa shape index (κ1) is 16.2. The van der Waals surface area contributed by atoms with Crippen LogP contribution in [0.1, 0.15) is 71.2 Å². The van der Waals surface area contributed by atoms with E-state index in [1.807, 2.05) is 11.7 Å². The average molecular weight is 265 g/mol. The number of nitrogens with zero attached hydrogens (tertiary/aromatic N) is 2. The lowest BCUT2D eigenvalue weighted by Gasteiger charge is -2.24. The summed E-state index contributed by atoms with van der Waals surface area (Å²) in [5.41, 5.74) is 3.02. The molecule has 0 spiro atoms. The molecule has 1 atom stereocenters. The summed E-state index contributed by atoms with van der Waals surface area (Å²) in [5, 5.41) is 8.27. The fourth-order valence-corrected chi connectivity index (χ4v) is 2.38. The predicted octanol–water partition coefficient (Wildman–Crippen LogP) is 3.85. The van der Waals surface area contributed by atoms with E-state index in [1.54, 1.807) is 0 Å². The van der Waals surface area contributed by atoms with Crippen LogP contribution in [0.3, 0.4) is 0 Å². The Morgan fingerprint density at radius 2 is 2.00 bits per heavy atom. The Morgan fingerprint density at radius 3 is 2.53 bits per heavy atom. The van der Waals surface area contributed by atoms with Gasteiger partial charge in [0.05, 0.1) is 5.69 Å². The highest BCUT2D eigenvalue weighted by atomic mass is 15.3. The Hall–Kier alpha value is -0.830. The molecule has 0 aliphatic carbocycles. The Morgan fingerprint density at radius 1 is 1.32 bits per heavy atom. The molecule has 0 aliphatic heterocycles. The molecule has 3 nitrogen and oxygen atoms in total. The second kappa shape index (κ2) is 7.09. The number of rotatable bonds is 7. The minimum Gasteiger partial charge on any atom is -0.310 e. The molecule has 3 heteroatoms. The summed E-state index contributed by atoms with van der Waals surface area (Å²) in [6, 6.07) is 0.447. The van der Waals surface area contributed by atoms with Crippen LogP contribution in [-0.2, 0) is 13.5 Å². The molecular formula is C16H31N3. The van der Waals surface area contributed by atoms with Gasteiger partial charge in [0.15, 0.2) is 0 Å². The lowest BCUT2D eigenvalue weighted by atomic mass is 9.87. The van der Waals surface area contributed by atoms with Crippen molar-refractivity contribution in [3.8, 4) is 0 Å². The first-order valence-corrected chi connectivity index (χ1v) is 7.63. The van der Waals surface area contributed by atoms with E-state index in [2.05, 4.69) is 51.2 Å².